The zero-order valence-corrected chi connectivity index (χ0v) is 18.5. The number of nitrogens with two attached hydrogens (primary N) is 1. The number of pyridine rings is 1. The minimum Gasteiger partial charge on any atom is -0.397 e. The molecule has 2 heterocycles. The minimum atomic E-state index is 0.0965. The summed E-state index contributed by atoms with van der Waals surface area (Å²) in [5, 5.41) is 1.16. The second kappa shape index (κ2) is 9.41. The van der Waals surface area contributed by atoms with Crippen molar-refractivity contribution in [1.29, 1.82) is 0 Å². The molecule has 5 nitrogen and oxygen atoms in total. The van der Waals surface area contributed by atoms with Crippen LogP contribution in [-0.2, 0) is 4.74 Å². The van der Waals surface area contributed by atoms with Crippen molar-refractivity contribution >= 4 is 34.0 Å². The van der Waals surface area contributed by atoms with E-state index in [9.17, 15) is 4.79 Å². The third-order valence-corrected chi connectivity index (χ3v) is 6.17. The van der Waals surface area contributed by atoms with Gasteiger partial charge in [0.1, 0.15) is 0 Å². The van der Waals surface area contributed by atoms with Gasteiger partial charge in [0, 0.05) is 42.6 Å². The van der Waals surface area contributed by atoms with E-state index in [1.807, 2.05) is 12.1 Å². The van der Waals surface area contributed by atoms with Gasteiger partial charge in [-0.1, -0.05) is 25.4 Å². The summed E-state index contributed by atoms with van der Waals surface area (Å²) in [7, 11) is 1.76. The monoisotopic (exact) mass is 417 g/mol. The number of anilines is 1. The number of carbonyl (C=O) groups is 1. The number of carbonyl (C=O) groups excluding carboxylic acids is 1. The van der Waals surface area contributed by atoms with Crippen LogP contribution in [0.3, 0.4) is 0 Å². The Morgan fingerprint density at radius 1 is 1.38 bits per heavy atom. The highest BCUT2D eigenvalue weighted by Crippen LogP contribution is 2.32. The summed E-state index contributed by atoms with van der Waals surface area (Å²) in [6.45, 7) is 8.49. The first-order valence-corrected chi connectivity index (χ1v) is 10.8. The second-order valence-electron chi connectivity index (χ2n) is 9.00. The third-order valence-electron chi connectivity index (χ3n) is 5.86. The maximum absolute atomic E-state index is 12.9. The highest BCUT2D eigenvalue weighted by atomic mass is 35.5. The Morgan fingerprint density at radius 3 is 2.79 bits per heavy atom. The molecule has 0 spiro atoms. The summed E-state index contributed by atoms with van der Waals surface area (Å²) >= 11 is 6.26. The number of Topliss-reactive ketones (excluding diaryl/α,β-unsaturated/α-hetero) is 1. The van der Waals surface area contributed by atoms with Crippen LogP contribution in [0.1, 0.15) is 49.9 Å². The molecule has 158 valence electrons. The van der Waals surface area contributed by atoms with Crippen LogP contribution in [0.25, 0.3) is 10.9 Å². The number of methoxy groups -OCH3 is 1. The number of piperidine rings is 1. The van der Waals surface area contributed by atoms with Crippen molar-refractivity contribution in [3.05, 3.63) is 35.0 Å². The molecule has 1 saturated heterocycles. The van der Waals surface area contributed by atoms with Gasteiger partial charge in [0.05, 0.1) is 22.8 Å². The summed E-state index contributed by atoms with van der Waals surface area (Å²) in [6.07, 6.45) is 5.39. The smallest absolute Gasteiger partial charge is 0.165 e. The number of aromatic nitrogens is 1. The fourth-order valence-corrected chi connectivity index (χ4v) is 4.61. The van der Waals surface area contributed by atoms with Crippen molar-refractivity contribution in [2.45, 2.75) is 39.5 Å². The number of fused-ring (bicyclic) bond motifs is 1. The van der Waals surface area contributed by atoms with E-state index in [1.54, 1.807) is 19.4 Å². The van der Waals surface area contributed by atoms with Gasteiger partial charge in [0.2, 0.25) is 0 Å². The third kappa shape index (κ3) is 5.47. The summed E-state index contributed by atoms with van der Waals surface area (Å²) in [4.78, 5) is 19.8. The second-order valence-corrected chi connectivity index (χ2v) is 9.40. The van der Waals surface area contributed by atoms with Gasteiger partial charge >= 0.3 is 0 Å². The molecule has 2 aromatic rings. The lowest BCUT2D eigenvalue weighted by Gasteiger charge is -2.37. The van der Waals surface area contributed by atoms with Gasteiger partial charge in [-0.25, -0.2) is 0 Å². The van der Waals surface area contributed by atoms with Crippen molar-refractivity contribution < 1.29 is 9.53 Å². The number of ketones is 1. The van der Waals surface area contributed by atoms with Crippen molar-refractivity contribution in [3.63, 3.8) is 0 Å². The lowest BCUT2D eigenvalue weighted by atomic mass is 9.88. The van der Waals surface area contributed by atoms with Crippen LogP contribution in [0.15, 0.2) is 24.4 Å². The Morgan fingerprint density at radius 2 is 2.10 bits per heavy atom. The first-order chi connectivity index (χ1) is 13.8. The van der Waals surface area contributed by atoms with Crippen LogP contribution in [0.5, 0.6) is 0 Å². The van der Waals surface area contributed by atoms with Gasteiger partial charge in [-0.15, -0.1) is 0 Å². The molecule has 1 aromatic heterocycles. The Labute approximate surface area is 178 Å². The van der Waals surface area contributed by atoms with E-state index in [1.165, 1.54) is 0 Å². The van der Waals surface area contributed by atoms with Gasteiger partial charge in [0.15, 0.2) is 5.78 Å². The molecular formula is C23H32ClN3O2. The highest BCUT2D eigenvalue weighted by molar-refractivity contribution is 6.35. The van der Waals surface area contributed by atoms with Crippen molar-refractivity contribution in [2.75, 3.05) is 39.1 Å². The largest absolute Gasteiger partial charge is 0.397 e. The number of nitrogens with zero attached hydrogens (tertiary/aromatic N) is 2. The Kier molecular flexibility index (Phi) is 7.14. The first-order valence-electron chi connectivity index (χ1n) is 10.4. The SMILES string of the molecule is COCC(C)(C)CN1CCC(CCC(=O)c2cc(Cl)c(N)c3cccnc23)CC1. The maximum Gasteiger partial charge on any atom is 0.165 e. The standard InChI is InChI=1S/C23H32ClN3O2/c1-23(2,15-29-3)14-27-11-8-16(9-12-27)6-7-20(28)18-13-19(24)21(25)17-5-4-10-26-22(17)18/h4-5,10,13,16H,6-9,11-12,14-15,25H2,1-3H3. The quantitative estimate of drug-likeness (QED) is 0.492. The fraction of sp³-hybridized carbons (Fsp3) is 0.565. The highest BCUT2D eigenvalue weighted by Gasteiger charge is 2.26. The van der Waals surface area contributed by atoms with Crippen LogP contribution >= 0.6 is 11.6 Å². The van der Waals surface area contributed by atoms with E-state index in [-0.39, 0.29) is 11.2 Å². The van der Waals surface area contributed by atoms with E-state index in [2.05, 4.69) is 23.7 Å². The molecule has 0 saturated carbocycles. The van der Waals surface area contributed by atoms with Crippen molar-refractivity contribution in [3.8, 4) is 0 Å². The lowest BCUT2D eigenvalue weighted by molar-refractivity contribution is 0.0557. The zero-order valence-electron chi connectivity index (χ0n) is 17.7. The molecule has 0 aliphatic carbocycles. The summed E-state index contributed by atoms with van der Waals surface area (Å²) < 4.78 is 5.34. The van der Waals surface area contributed by atoms with E-state index < -0.39 is 0 Å². The van der Waals surface area contributed by atoms with E-state index in [0.717, 1.165) is 50.9 Å². The molecule has 0 atom stereocenters. The summed E-state index contributed by atoms with van der Waals surface area (Å²) in [5.41, 5.74) is 7.94. The number of halogens is 1. The van der Waals surface area contributed by atoms with Crippen LogP contribution in [0.4, 0.5) is 5.69 Å². The molecule has 29 heavy (non-hydrogen) atoms. The van der Waals surface area contributed by atoms with Gasteiger partial charge in [-0.3, -0.25) is 9.78 Å². The lowest BCUT2D eigenvalue weighted by Crippen LogP contribution is -2.41. The molecule has 1 aliphatic heterocycles. The van der Waals surface area contributed by atoms with Crippen LogP contribution < -0.4 is 5.73 Å². The van der Waals surface area contributed by atoms with Gasteiger partial charge < -0.3 is 15.4 Å². The summed E-state index contributed by atoms with van der Waals surface area (Å²) in [6, 6.07) is 5.35. The van der Waals surface area contributed by atoms with Crippen LogP contribution in [0.2, 0.25) is 5.02 Å². The molecule has 1 aliphatic rings. The van der Waals surface area contributed by atoms with E-state index in [4.69, 9.17) is 22.1 Å². The molecule has 6 heteroatoms. The van der Waals surface area contributed by atoms with Gasteiger partial charge in [-0.2, -0.15) is 0 Å². The van der Waals surface area contributed by atoms with E-state index in [0.29, 0.717) is 34.1 Å². The number of benzene rings is 1. The molecule has 0 bridgehead atoms. The van der Waals surface area contributed by atoms with E-state index >= 15 is 0 Å². The Balaban J connectivity index is 1.56. The number of nitrogen functional groups attached to an aromatic ring is 1. The molecule has 3 rings (SSSR count). The molecule has 0 radical (unpaired) electrons. The number of ether oxygens (including phenoxy) is 1. The number of rotatable bonds is 8. The minimum absolute atomic E-state index is 0.0965. The van der Waals surface area contributed by atoms with Gasteiger partial charge in [-0.05, 0) is 56.5 Å². The topological polar surface area (TPSA) is 68.5 Å². The molecule has 2 N–H and O–H groups in total. The maximum atomic E-state index is 12.9. The van der Waals surface area contributed by atoms with Crippen LogP contribution in [-0.4, -0.2) is 49.0 Å². The fourth-order valence-electron chi connectivity index (χ4n) is 4.40. The predicted octanol–water partition coefficient (Wildman–Crippen LogP) is 4.82. The van der Waals surface area contributed by atoms with Crippen LogP contribution in [0, 0.1) is 11.3 Å². The average molecular weight is 418 g/mol. The Bertz CT molecular complexity index is 861. The molecule has 1 fully saturated rings. The molecular weight excluding hydrogens is 386 g/mol. The normalized spacial score (nSPS) is 16.4. The van der Waals surface area contributed by atoms with Gasteiger partial charge in [0.25, 0.3) is 0 Å². The zero-order chi connectivity index (χ0) is 21.0. The molecule has 0 amide bonds. The number of hydrogen-bond donors (Lipinski definition) is 1. The average Bonchev–Trinajstić information content (AvgIpc) is 2.69. The predicted molar refractivity (Wildman–Crippen MR) is 120 cm³/mol. The molecule has 1 aromatic carbocycles. The molecule has 0 unspecified atom stereocenters. The Hall–Kier alpha value is -1.69. The summed E-state index contributed by atoms with van der Waals surface area (Å²) in [5.74, 6) is 0.684. The number of likely N-dealkylation sites (tertiary alicyclic amines) is 1. The first kappa shape index (κ1) is 22.0. The van der Waals surface area contributed by atoms with Crippen molar-refractivity contribution in [2.24, 2.45) is 11.3 Å². The number of hydrogen-bond acceptors (Lipinski definition) is 5. The van der Waals surface area contributed by atoms with Crippen molar-refractivity contribution in [1.82, 2.24) is 9.88 Å².